The summed E-state index contributed by atoms with van der Waals surface area (Å²) >= 11 is 0. The molecule has 1 aromatic heterocycles. The Balaban J connectivity index is 2.73. The van der Waals surface area contributed by atoms with Crippen LogP contribution in [0.3, 0.4) is 0 Å². The molecule has 0 aliphatic carbocycles. The average Bonchev–Trinajstić information content (AvgIpc) is 2.35. The van der Waals surface area contributed by atoms with Crippen molar-refractivity contribution in [3.63, 3.8) is 0 Å². The molecule has 0 bridgehead atoms. The number of ether oxygens (including phenoxy) is 1. The maximum atomic E-state index is 5.43. The fraction of sp³-hybridized carbons (Fsp3) is 0.615. The zero-order valence-corrected chi connectivity index (χ0v) is 11.1. The number of nitrogens with one attached hydrogen (secondary N) is 1. The van der Waals surface area contributed by atoms with Gasteiger partial charge in [0.15, 0.2) is 0 Å². The van der Waals surface area contributed by atoms with E-state index < -0.39 is 0 Å². The highest BCUT2D eigenvalue weighted by atomic mass is 16.5. The second kappa shape index (κ2) is 7.90. The molecule has 96 valence electrons. The fourth-order valence-corrected chi connectivity index (χ4v) is 1.67. The van der Waals surface area contributed by atoms with Crippen LogP contribution in [0.25, 0.3) is 0 Å². The van der Waals surface area contributed by atoms with Crippen LogP contribution in [0, 0.1) is 0 Å². The minimum absolute atomic E-state index is 0.654. The summed E-state index contributed by atoms with van der Waals surface area (Å²) in [7, 11) is 1.97. The predicted molar refractivity (Wildman–Crippen MR) is 71.8 cm³/mol. The van der Waals surface area contributed by atoms with Crippen molar-refractivity contribution in [2.24, 2.45) is 0 Å². The van der Waals surface area contributed by atoms with Crippen molar-refractivity contribution in [2.45, 2.75) is 20.3 Å². The first-order chi connectivity index (χ1) is 8.31. The van der Waals surface area contributed by atoms with Gasteiger partial charge in [0.05, 0.1) is 6.61 Å². The molecule has 0 saturated carbocycles. The van der Waals surface area contributed by atoms with Crippen molar-refractivity contribution in [2.75, 3.05) is 38.2 Å². The van der Waals surface area contributed by atoms with Gasteiger partial charge in [-0.3, -0.25) is 0 Å². The molecule has 4 nitrogen and oxygen atoms in total. The van der Waals surface area contributed by atoms with E-state index >= 15 is 0 Å². The number of likely N-dealkylation sites (N-methyl/N-ethyl adjacent to an activating group) is 1. The van der Waals surface area contributed by atoms with Crippen molar-refractivity contribution in [1.82, 2.24) is 10.3 Å². The first-order valence-electron chi connectivity index (χ1n) is 6.31. The molecule has 17 heavy (non-hydrogen) atoms. The summed E-state index contributed by atoms with van der Waals surface area (Å²) < 4.78 is 5.43. The van der Waals surface area contributed by atoms with Crippen LogP contribution in [0.4, 0.5) is 5.82 Å². The van der Waals surface area contributed by atoms with E-state index in [2.05, 4.69) is 22.1 Å². The lowest BCUT2D eigenvalue weighted by Gasteiger charge is -2.23. The monoisotopic (exact) mass is 237 g/mol. The average molecular weight is 237 g/mol. The van der Waals surface area contributed by atoms with E-state index in [4.69, 9.17) is 4.74 Å². The molecule has 0 aliphatic rings. The lowest BCUT2D eigenvalue weighted by molar-refractivity contribution is 0.327. The van der Waals surface area contributed by atoms with Crippen LogP contribution >= 0.6 is 0 Å². The van der Waals surface area contributed by atoms with Crippen molar-refractivity contribution < 1.29 is 4.74 Å². The van der Waals surface area contributed by atoms with Crippen LogP contribution < -0.4 is 15.0 Å². The predicted octanol–water partition coefficient (Wildman–Crippen LogP) is 1.92. The molecule has 0 saturated heterocycles. The second-order valence-electron chi connectivity index (χ2n) is 3.86. The third-order valence-corrected chi connectivity index (χ3v) is 2.45. The molecule has 0 spiro atoms. The maximum Gasteiger partial charge on any atom is 0.215 e. The normalized spacial score (nSPS) is 10.3. The zero-order chi connectivity index (χ0) is 12.5. The molecular formula is C13H23N3O. The van der Waals surface area contributed by atoms with Gasteiger partial charge in [-0.25, -0.2) is 0 Å². The van der Waals surface area contributed by atoms with Crippen LogP contribution in [0.2, 0.25) is 0 Å². The number of hydrogen-bond donors (Lipinski definition) is 1. The molecule has 0 aromatic carbocycles. The molecule has 0 amide bonds. The third-order valence-electron chi connectivity index (χ3n) is 2.45. The number of anilines is 1. The van der Waals surface area contributed by atoms with Gasteiger partial charge in [0.2, 0.25) is 5.88 Å². The van der Waals surface area contributed by atoms with Gasteiger partial charge in [0.25, 0.3) is 0 Å². The summed E-state index contributed by atoms with van der Waals surface area (Å²) in [5.74, 6) is 1.70. The first kappa shape index (κ1) is 13.8. The summed E-state index contributed by atoms with van der Waals surface area (Å²) in [6.45, 7) is 7.75. The summed E-state index contributed by atoms with van der Waals surface area (Å²) in [5, 5.41) is 3.17. The van der Waals surface area contributed by atoms with E-state index in [9.17, 15) is 0 Å². The molecule has 4 heteroatoms. The smallest absolute Gasteiger partial charge is 0.215 e. The quantitative estimate of drug-likeness (QED) is 0.749. The molecule has 0 unspecified atom stereocenters. The molecule has 1 N–H and O–H groups in total. The van der Waals surface area contributed by atoms with Gasteiger partial charge >= 0.3 is 0 Å². The topological polar surface area (TPSA) is 37.4 Å². The van der Waals surface area contributed by atoms with Crippen molar-refractivity contribution in [1.29, 1.82) is 0 Å². The Kier molecular flexibility index (Phi) is 6.40. The van der Waals surface area contributed by atoms with E-state index in [-0.39, 0.29) is 0 Å². The highest BCUT2D eigenvalue weighted by molar-refractivity contribution is 5.40. The number of nitrogens with zero attached hydrogens (tertiary/aromatic N) is 2. The summed E-state index contributed by atoms with van der Waals surface area (Å²) in [4.78, 5) is 6.79. The highest BCUT2D eigenvalue weighted by Crippen LogP contribution is 2.15. The second-order valence-corrected chi connectivity index (χ2v) is 3.86. The number of pyridine rings is 1. The van der Waals surface area contributed by atoms with Gasteiger partial charge in [-0.1, -0.05) is 13.0 Å². The van der Waals surface area contributed by atoms with Crippen LogP contribution in [0.5, 0.6) is 5.88 Å². The molecule has 1 heterocycles. The minimum Gasteiger partial charge on any atom is -0.478 e. The van der Waals surface area contributed by atoms with Crippen LogP contribution in [0.1, 0.15) is 20.3 Å². The van der Waals surface area contributed by atoms with E-state index in [0.29, 0.717) is 12.5 Å². The SMILES string of the molecule is CCCN(CCNC)c1cccc(OCC)n1. The van der Waals surface area contributed by atoms with E-state index in [1.54, 1.807) is 0 Å². The Bertz CT molecular complexity index is 317. The van der Waals surface area contributed by atoms with Gasteiger partial charge < -0.3 is 15.0 Å². The van der Waals surface area contributed by atoms with Crippen LogP contribution in [-0.2, 0) is 0 Å². The van der Waals surface area contributed by atoms with Crippen LogP contribution in [0.15, 0.2) is 18.2 Å². The molecular weight excluding hydrogens is 214 g/mol. The molecule has 1 rings (SSSR count). The van der Waals surface area contributed by atoms with E-state index in [1.165, 1.54) is 0 Å². The highest BCUT2D eigenvalue weighted by Gasteiger charge is 2.07. The molecule has 1 aromatic rings. The molecule has 0 fully saturated rings. The number of rotatable bonds is 8. The Labute approximate surface area is 104 Å². The zero-order valence-electron chi connectivity index (χ0n) is 11.1. The summed E-state index contributed by atoms with van der Waals surface area (Å²) in [5.41, 5.74) is 0. The van der Waals surface area contributed by atoms with E-state index in [1.807, 2.05) is 32.2 Å². The van der Waals surface area contributed by atoms with Gasteiger partial charge in [-0.15, -0.1) is 0 Å². The largest absolute Gasteiger partial charge is 0.478 e. The van der Waals surface area contributed by atoms with Crippen molar-refractivity contribution in [3.8, 4) is 5.88 Å². The van der Waals surface area contributed by atoms with E-state index in [0.717, 1.165) is 31.9 Å². The Hall–Kier alpha value is -1.29. The van der Waals surface area contributed by atoms with Crippen molar-refractivity contribution >= 4 is 5.82 Å². The van der Waals surface area contributed by atoms with Gasteiger partial charge in [-0.05, 0) is 26.5 Å². The standard InChI is InChI=1S/C13H23N3O/c1-4-10-16(11-9-14-3)12-7-6-8-13(15-12)17-5-2/h6-8,14H,4-5,9-11H2,1-3H3. The Morgan fingerprint density at radius 2 is 2.12 bits per heavy atom. The minimum atomic E-state index is 0.654. The van der Waals surface area contributed by atoms with Crippen LogP contribution in [-0.4, -0.2) is 38.3 Å². The summed E-state index contributed by atoms with van der Waals surface area (Å²) in [6.07, 6.45) is 1.12. The Morgan fingerprint density at radius 1 is 1.29 bits per heavy atom. The molecule has 0 atom stereocenters. The molecule has 0 aliphatic heterocycles. The lowest BCUT2D eigenvalue weighted by atomic mass is 10.3. The van der Waals surface area contributed by atoms with Gasteiger partial charge in [0.1, 0.15) is 5.82 Å². The number of hydrogen-bond acceptors (Lipinski definition) is 4. The van der Waals surface area contributed by atoms with Crippen molar-refractivity contribution in [3.05, 3.63) is 18.2 Å². The summed E-state index contributed by atoms with van der Waals surface area (Å²) in [6, 6.07) is 5.93. The van der Waals surface area contributed by atoms with Gasteiger partial charge in [-0.2, -0.15) is 4.98 Å². The fourth-order valence-electron chi connectivity index (χ4n) is 1.67. The van der Waals surface area contributed by atoms with Gasteiger partial charge in [0, 0.05) is 25.7 Å². The first-order valence-corrected chi connectivity index (χ1v) is 6.31. The lowest BCUT2D eigenvalue weighted by Crippen LogP contribution is -2.32. The maximum absolute atomic E-state index is 5.43. The third kappa shape index (κ3) is 4.61. The Morgan fingerprint density at radius 3 is 2.76 bits per heavy atom. The number of aromatic nitrogens is 1. The molecule has 0 radical (unpaired) electrons.